The molecule has 0 bridgehead atoms. The van der Waals surface area contributed by atoms with Gasteiger partial charge < -0.3 is 10.5 Å². The molecule has 0 fully saturated rings. The summed E-state index contributed by atoms with van der Waals surface area (Å²) in [4.78, 5) is 4.50. The normalized spacial score (nSPS) is 10.1. The van der Waals surface area contributed by atoms with Gasteiger partial charge >= 0.3 is 0 Å². The standard InChI is InChI=1S/C14H14N2OS/c1-2-10-5-3-6-11(9-10)17-13-8-4-7-12(16-13)14(15)18/h3-9H,2H2,1H3,(H2,15,18). The van der Waals surface area contributed by atoms with Gasteiger partial charge in [-0.3, -0.25) is 0 Å². The zero-order valence-corrected chi connectivity index (χ0v) is 10.9. The molecule has 18 heavy (non-hydrogen) atoms. The Morgan fingerprint density at radius 3 is 2.78 bits per heavy atom. The molecule has 1 aromatic carbocycles. The van der Waals surface area contributed by atoms with Crippen LogP contribution in [0.4, 0.5) is 0 Å². The summed E-state index contributed by atoms with van der Waals surface area (Å²) in [7, 11) is 0. The Morgan fingerprint density at radius 1 is 1.28 bits per heavy atom. The molecule has 0 atom stereocenters. The van der Waals surface area contributed by atoms with Gasteiger partial charge in [-0.1, -0.05) is 37.3 Å². The number of benzene rings is 1. The van der Waals surface area contributed by atoms with Gasteiger partial charge in [-0.2, -0.15) is 0 Å². The molecule has 2 aromatic rings. The van der Waals surface area contributed by atoms with Crippen molar-refractivity contribution < 1.29 is 4.74 Å². The number of nitrogens with two attached hydrogens (primary N) is 1. The second-order valence-electron chi connectivity index (χ2n) is 3.83. The van der Waals surface area contributed by atoms with Gasteiger partial charge in [-0.05, 0) is 30.2 Å². The second kappa shape index (κ2) is 5.60. The molecule has 0 aliphatic carbocycles. The summed E-state index contributed by atoms with van der Waals surface area (Å²) >= 11 is 4.89. The number of thiocarbonyl (C=S) groups is 1. The average molecular weight is 258 g/mol. The van der Waals surface area contributed by atoms with Crippen LogP contribution in [0.3, 0.4) is 0 Å². The molecule has 0 saturated heterocycles. The first-order valence-electron chi connectivity index (χ1n) is 5.72. The van der Waals surface area contributed by atoms with Gasteiger partial charge in [0, 0.05) is 6.07 Å². The number of aromatic nitrogens is 1. The average Bonchev–Trinajstić information content (AvgIpc) is 2.39. The first kappa shape index (κ1) is 12.5. The Labute approximate surface area is 112 Å². The molecule has 0 spiro atoms. The van der Waals surface area contributed by atoms with Gasteiger partial charge in [0.1, 0.15) is 16.4 Å². The molecule has 0 amide bonds. The summed E-state index contributed by atoms with van der Waals surface area (Å²) in [5, 5.41) is 0. The van der Waals surface area contributed by atoms with E-state index in [1.54, 1.807) is 12.1 Å². The summed E-state index contributed by atoms with van der Waals surface area (Å²) in [6, 6.07) is 13.3. The van der Waals surface area contributed by atoms with Gasteiger partial charge in [-0.25, -0.2) is 4.98 Å². The zero-order chi connectivity index (χ0) is 13.0. The van der Waals surface area contributed by atoms with E-state index in [9.17, 15) is 0 Å². The quantitative estimate of drug-likeness (QED) is 0.856. The van der Waals surface area contributed by atoms with Crippen molar-refractivity contribution in [2.45, 2.75) is 13.3 Å². The van der Waals surface area contributed by atoms with Crippen LogP contribution in [0.1, 0.15) is 18.2 Å². The van der Waals surface area contributed by atoms with Crippen LogP contribution in [-0.2, 0) is 6.42 Å². The lowest BCUT2D eigenvalue weighted by atomic mass is 10.2. The zero-order valence-electron chi connectivity index (χ0n) is 10.1. The predicted octanol–water partition coefficient (Wildman–Crippen LogP) is 3.07. The molecule has 0 aliphatic rings. The summed E-state index contributed by atoms with van der Waals surface area (Å²) < 4.78 is 5.69. The number of hydrogen-bond donors (Lipinski definition) is 1. The molecule has 0 unspecified atom stereocenters. The van der Waals surface area contributed by atoms with Crippen LogP contribution in [0.2, 0.25) is 0 Å². The first-order valence-corrected chi connectivity index (χ1v) is 6.13. The van der Waals surface area contributed by atoms with E-state index in [1.165, 1.54) is 5.56 Å². The Bertz CT molecular complexity index is 569. The highest BCUT2D eigenvalue weighted by atomic mass is 32.1. The number of rotatable bonds is 4. The third-order valence-electron chi connectivity index (χ3n) is 2.51. The van der Waals surface area contributed by atoms with Crippen LogP contribution in [0, 0.1) is 0 Å². The lowest BCUT2D eigenvalue weighted by Gasteiger charge is -2.07. The summed E-state index contributed by atoms with van der Waals surface area (Å²) in [6.45, 7) is 2.10. The smallest absolute Gasteiger partial charge is 0.219 e. The maximum absolute atomic E-state index is 5.69. The fourth-order valence-corrected chi connectivity index (χ4v) is 1.67. The van der Waals surface area contributed by atoms with E-state index in [0.29, 0.717) is 11.6 Å². The number of ether oxygens (including phenoxy) is 1. The Kier molecular flexibility index (Phi) is 3.89. The lowest BCUT2D eigenvalue weighted by Crippen LogP contribution is -2.11. The van der Waals surface area contributed by atoms with Crippen molar-refractivity contribution in [2.75, 3.05) is 0 Å². The van der Waals surface area contributed by atoms with E-state index >= 15 is 0 Å². The van der Waals surface area contributed by atoms with E-state index in [0.717, 1.165) is 12.2 Å². The third kappa shape index (κ3) is 3.05. The van der Waals surface area contributed by atoms with Gasteiger partial charge in [0.05, 0.1) is 0 Å². The topological polar surface area (TPSA) is 48.1 Å². The maximum atomic E-state index is 5.69. The highest BCUT2D eigenvalue weighted by molar-refractivity contribution is 7.80. The summed E-state index contributed by atoms with van der Waals surface area (Å²) in [5.41, 5.74) is 7.32. The number of nitrogens with zero attached hydrogens (tertiary/aromatic N) is 1. The minimum absolute atomic E-state index is 0.266. The third-order valence-corrected chi connectivity index (χ3v) is 2.71. The van der Waals surface area contributed by atoms with E-state index in [1.807, 2.05) is 24.3 Å². The van der Waals surface area contributed by atoms with Gasteiger partial charge in [0.15, 0.2) is 0 Å². The second-order valence-corrected chi connectivity index (χ2v) is 4.27. The molecule has 1 aromatic heterocycles. The van der Waals surface area contributed by atoms with Crippen LogP contribution >= 0.6 is 12.2 Å². The monoisotopic (exact) mass is 258 g/mol. The van der Waals surface area contributed by atoms with Crippen molar-refractivity contribution in [1.82, 2.24) is 4.98 Å². The first-order chi connectivity index (χ1) is 8.69. The van der Waals surface area contributed by atoms with Crippen molar-refractivity contribution in [3.8, 4) is 11.6 Å². The lowest BCUT2D eigenvalue weighted by molar-refractivity contribution is 0.462. The Morgan fingerprint density at radius 2 is 2.06 bits per heavy atom. The largest absolute Gasteiger partial charge is 0.439 e. The maximum Gasteiger partial charge on any atom is 0.219 e. The summed E-state index contributed by atoms with van der Waals surface area (Å²) in [6.07, 6.45) is 0.970. The van der Waals surface area contributed by atoms with E-state index in [4.69, 9.17) is 22.7 Å². The number of hydrogen-bond acceptors (Lipinski definition) is 3. The molecule has 92 valence electrons. The molecule has 3 nitrogen and oxygen atoms in total. The molecule has 0 saturated carbocycles. The van der Waals surface area contributed by atoms with Gasteiger partial charge in [0.2, 0.25) is 5.88 Å². The fourth-order valence-electron chi connectivity index (χ4n) is 1.56. The van der Waals surface area contributed by atoms with Crippen molar-refractivity contribution in [2.24, 2.45) is 5.73 Å². The van der Waals surface area contributed by atoms with E-state index in [-0.39, 0.29) is 4.99 Å². The SMILES string of the molecule is CCc1cccc(Oc2cccc(C(N)=S)n2)c1. The molecule has 4 heteroatoms. The number of aryl methyl sites for hydroxylation is 1. The highest BCUT2D eigenvalue weighted by Gasteiger charge is 2.03. The highest BCUT2D eigenvalue weighted by Crippen LogP contribution is 2.20. The van der Waals surface area contributed by atoms with Crippen molar-refractivity contribution in [3.05, 3.63) is 53.7 Å². The fraction of sp³-hybridized carbons (Fsp3) is 0.143. The minimum atomic E-state index is 0.266. The van der Waals surface area contributed by atoms with Gasteiger partial charge in [0.25, 0.3) is 0 Å². The Balaban J connectivity index is 2.22. The molecular formula is C14H14N2OS. The van der Waals surface area contributed by atoms with Crippen LogP contribution in [-0.4, -0.2) is 9.97 Å². The Hall–Kier alpha value is -1.94. The number of pyridine rings is 1. The van der Waals surface area contributed by atoms with Crippen molar-refractivity contribution in [1.29, 1.82) is 0 Å². The molecule has 2 N–H and O–H groups in total. The molecule has 1 heterocycles. The van der Waals surface area contributed by atoms with Crippen LogP contribution < -0.4 is 10.5 Å². The summed E-state index contributed by atoms with van der Waals surface area (Å²) in [5.74, 6) is 1.26. The molecule has 0 radical (unpaired) electrons. The molecule has 2 rings (SSSR count). The van der Waals surface area contributed by atoms with Crippen molar-refractivity contribution >= 4 is 17.2 Å². The minimum Gasteiger partial charge on any atom is -0.439 e. The van der Waals surface area contributed by atoms with Crippen LogP contribution in [0.5, 0.6) is 11.6 Å². The molecular weight excluding hydrogens is 244 g/mol. The van der Waals surface area contributed by atoms with E-state index in [2.05, 4.69) is 18.0 Å². The van der Waals surface area contributed by atoms with E-state index < -0.39 is 0 Å². The van der Waals surface area contributed by atoms with Crippen LogP contribution in [0.25, 0.3) is 0 Å². The van der Waals surface area contributed by atoms with Gasteiger partial charge in [-0.15, -0.1) is 0 Å². The molecule has 0 aliphatic heterocycles. The predicted molar refractivity (Wildman–Crippen MR) is 76.0 cm³/mol. The van der Waals surface area contributed by atoms with Crippen LogP contribution in [0.15, 0.2) is 42.5 Å². The van der Waals surface area contributed by atoms with Crippen molar-refractivity contribution in [3.63, 3.8) is 0 Å².